The Kier molecular flexibility index (Phi) is 8.36. The van der Waals surface area contributed by atoms with Gasteiger partial charge in [0, 0.05) is 22.1 Å². The van der Waals surface area contributed by atoms with E-state index in [-0.39, 0.29) is 17.9 Å². The molecule has 0 N–H and O–H groups in total. The number of ketones is 1. The molecule has 0 fully saturated rings. The highest BCUT2D eigenvalue weighted by Crippen LogP contribution is 2.37. The number of methoxy groups -OCH3 is 3. The Morgan fingerprint density at radius 2 is 1.58 bits per heavy atom. The molecule has 9 heteroatoms. The Hall–Kier alpha value is -3.62. The van der Waals surface area contributed by atoms with E-state index in [1.54, 1.807) is 37.3 Å². The quantitative estimate of drug-likeness (QED) is 0.175. The van der Waals surface area contributed by atoms with Crippen LogP contribution in [0.15, 0.2) is 42.5 Å². The normalized spacial score (nSPS) is 12.4. The number of carbonyl (C=O) groups excluding carboxylic acids is 2. The van der Waals surface area contributed by atoms with Crippen molar-refractivity contribution >= 4 is 11.8 Å². The standard InChI is InChI=1S/C22H25NO8/c1-5-31-22(25)20(21(24)14-6-8-15(28-2)9-7-14)18(13-23(26)27)17-11-10-16(29-3)12-19(17)30-4/h6-12,18,20H,5,13H2,1-4H3. The van der Waals surface area contributed by atoms with Gasteiger partial charge in [0.25, 0.3) is 0 Å². The third kappa shape index (κ3) is 5.71. The maximum atomic E-state index is 13.4. The molecular weight excluding hydrogens is 406 g/mol. The molecule has 2 aromatic rings. The van der Waals surface area contributed by atoms with Crippen LogP contribution in [0.3, 0.4) is 0 Å². The first-order valence-electron chi connectivity index (χ1n) is 9.54. The van der Waals surface area contributed by atoms with Crippen LogP contribution in [0.25, 0.3) is 0 Å². The summed E-state index contributed by atoms with van der Waals surface area (Å²) in [5.41, 5.74) is 0.541. The average Bonchev–Trinajstić information content (AvgIpc) is 2.78. The molecular formula is C22H25NO8. The van der Waals surface area contributed by atoms with Gasteiger partial charge in [-0.05, 0) is 37.3 Å². The zero-order chi connectivity index (χ0) is 23.0. The van der Waals surface area contributed by atoms with Gasteiger partial charge in [-0.15, -0.1) is 0 Å². The van der Waals surface area contributed by atoms with Crippen molar-refractivity contribution in [3.8, 4) is 17.2 Å². The molecule has 0 heterocycles. The van der Waals surface area contributed by atoms with E-state index < -0.39 is 35.1 Å². The van der Waals surface area contributed by atoms with Gasteiger partial charge in [0.05, 0.1) is 33.9 Å². The number of nitrogens with zero attached hydrogens (tertiary/aromatic N) is 1. The van der Waals surface area contributed by atoms with E-state index in [1.165, 1.54) is 33.5 Å². The Balaban J connectivity index is 2.60. The van der Waals surface area contributed by atoms with Crippen LogP contribution in [-0.2, 0) is 9.53 Å². The van der Waals surface area contributed by atoms with Crippen LogP contribution in [0.1, 0.15) is 28.8 Å². The van der Waals surface area contributed by atoms with Gasteiger partial charge in [-0.3, -0.25) is 19.7 Å². The van der Waals surface area contributed by atoms with Crippen molar-refractivity contribution in [2.75, 3.05) is 34.5 Å². The summed E-state index contributed by atoms with van der Waals surface area (Å²) in [5.74, 6) is -2.73. The third-order valence-corrected chi connectivity index (χ3v) is 4.79. The third-order valence-electron chi connectivity index (χ3n) is 4.79. The van der Waals surface area contributed by atoms with Crippen LogP contribution in [0.4, 0.5) is 0 Å². The van der Waals surface area contributed by atoms with E-state index in [0.717, 1.165) is 0 Å². The van der Waals surface area contributed by atoms with Crippen molar-refractivity contribution in [1.82, 2.24) is 0 Å². The fraction of sp³-hybridized carbons (Fsp3) is 0.364. The van der Waals surface area contributed by atoms with Gasteiger partial charge in [-0.1, -0.05) is 6.07 Å². The molecule has 0 saturated carbocycles. The fourth-order valence-electron chi connectivity index (χ4n) is 3.29. The summed E-state index contributed by atoms with van der Waals surface area (Å²) in [6.07, 6.45) is 0. The second-order valence-electron chi connectivity index (χ2n) is 6.55. The van der Waals surface area contributed by atoms with Crippen LogP contribution in [0.2, 0.25) is 0 Å². The lowest BCUT2D eigenvalue weighted by molar-refractivity contribution is -0.484. The van der Waals surface area contributed by atoms with E-state index >= 15 is 0 Å². The van der Waals surface area contributed by atoms with E-state index in [0.29, 0.717) is 17.1 Å². The topological polar surface area (TPSA) is 114 Å². The highest BCUT2D eigenvalue weighted by molar-refractivity contribution is 6.09. The fourth-order valence-corrected chi connectivity index (χ4v) is 3.29. The molecule has 0 spiro atoms. The molecule has 0 aromatic heterocycles. The zero-order valence-corrected chi connectivity index (χ0v) is 17.8. The first-order chi connectivity index (χ1) is 14.9. The number of carbonyl (C=O) groups is 2. The maximum absolute atomic E-state index is 13.4. The molecule has 0 aliphatic carbocycles. The predicted molar refractivity (Wildman–Crippen MR) is 112 cm³/mol. The van der Waals surface area contributed by atoms with Gasteiger partial charge < -0.3 is 18.9 Å². The van der Waals surface area contributed by atoms with Crippen molar-refractivity contribution in [3.05, 3.63) is 63.7 Å². The first-order valence-corrected chi connectivity index (χ1v) is 9.54. The molecule has 2 atom stereocenters. The average molecular weight is 431 g/mol. The van der Waals surface area contributed by atoms with Crippen LogP contribution in [-0.4, -0.2) is 51.2 Å². The summed E-state index contributed by atoms with van der Waals surface area (Å²) in [7, 11) is 4.35. The van der Waals surface area contributed by atoms with Crippen molar-refractivity contribution in [1.29, 1.82) is 0 Å². The molecule has 0 saturated heterocycles. The Labute approximate surface area is 180 Å². The first kappa shape index (κ1) is 23.7. The van der Waals surface area contributed by atoms with Gasteiger partial charge in [-0.2, -0.15) is 0 Å². The number of Topliss-reactive ketones (excluding diaryl/α,β-unsaturated/α-hetero) is 1. The molecule has 0 amide bonds. The summed E-state index contributed by atoms with van der Waals surface area (Å²) in [5, 5.41) is 11.5. The monoisotopic (exact) mass is 431 g/mol. The van der Waals surface area contributed by atoms with Crippen molar-refractivity contribution in [3.63, 3.8) is 0 Å². The molecule has 0 radical (unpaired) electrons. The maximum Gasteiger partial charge on any atom is 0.317 e. The van der Waals surface area contributed by atoms with Gasteiger partial charge in [0.1, 0.15) is 23.2 Å². The van der Waals surface area contributed by atoms with E-state index in [4.69, 9.17) is 18.9 Å². The number of ether oxygens (including phenoxy) is 4. The zero-order valence-electron chi connectivity index (χ0n) is 17.8. The number of rotatable bonds is 11. The smallest absolute Gasteiger partial charge is 0.317 e. The summed E-state index contributed by atoms with van der Waals surface area (Å²) < 4.78 is 20.8. The SMILES string of the molecule is CCOC(=O)C(C(=O)c1ccc(OC)cc1)C(C[N+](=O)[O-])c1ccc(OC)cc1OC. The molecule has 2 unspecified atom stereocenters. The highest BCUT2D eigenvalue weighted by atomic mass is 16.6. The number of nitro groups is 1. The lowest BCUT2D eigenvalue weighted by atomic mass is 9.80. The number of hydrogen-bond acceptors (Lipinski definition) is 8. The molecule has 0 aliphatic heterocycles. The van der Waals surface area contributed by atoms with Crippen LogP contribution >= 0.6 is 0 Å². The number of esters is 1. The molecule has 2 aromatic carbocycles. The van der Waals surface area contributed by atoms with Crippen molar-refractivity contribution in [2.24, 2.45) is 5.92 Å². The van der Waals surface area contributed by atoms with E-state index in [2.05, 4.69) is 0 Å². The molecule has 0 bridgehead atoms. The van der Waals surface area contributed by atoms with Crippen LogP contribution in [0.5, 0.6) is 17.2 Å². The molecule has 9 nitrogen and oxygen atoms in total. The Bertz CT molecular complexity index is 926. The van der Waals surface area contributed by atoms with Crippen LogP contribution < -0.4 is 14.2 Å². The minimum atomic E-state index is -1.44. The minimum absolute atomic E-state index is 0.0240. The van der Waals surface area contributed by atoms with Gasteiger partial charge >= 0.3 is 5.97 Å². The minimum Gasteiger partial charge on any atom is -0.497 e. The Morgan fingerprint density at radius 3 is 2.10 bits per heavy atom. The van der Waals surface area contributed by atoms with Gasteiger partial charge in [-0.25, -0.2) is 0 Å². The van der Waals surface area contributed by atoms with Crippen molar-refractivity contribution in [2.45, 2.75) is 12.8 Å². The summed E-state index contributed by atoms with van der Waals surface area (Å²) >= 11 is 0. The molecule has 31 heavy (non-hydrogen) atoms. The van der Waals surface area contributed by atoms with Crippen molar-refractivity contribution < 1.29 is 33.5 Å². The van der Waals surface area contributed by atoms with Gasteiger partial charge in [0.15, 0.2) is 5.78 Å². The number of benzene rings is 2. The largest absolute Gasteiger partial charge is 0.497 e. The highest BCUT2D eigenvalue weighted by Gasteiger charge is 2.41. The van der Waals surface area contributed by atoms with E-state index in [9.17, 15) is 19.7 Å². The lowest BCUT2D eigenvalue weighted by Crippen LogP contribution is -2.35. The van der Waals surface area contributed by atoms with E-state index in [1.807, 2.05) is 0 Å². The number of hydrogen-bond donors (Lipinski definition) is 0. The lowest BCUT2D eigenvalue weighted by Gasteiger charge is -2.24. The predicted octanol–water partition coefficient (Wildman–Crippen LogP) is 3.13. The molecule has 0 aliphatic rings. The molecule has 2 rings (SSSR count). The molecule has 166 valence electrons. The summed E-state index contributed by atoms with van der Waals surface area (Å²) in [4.78, 5) is 37.1. The van der Waals surface area contributed by atoms with Gasteiger partial charge in [0.2, 0.25) is 6.54 Å². The second kappa shape index (κ2) is 11.0. The Morgan fingerprint density at radius 1 is 0.968 bits per heavy atom. The van der Waals surface area contributed by atoms with Crippen LogP contribution in [0, 0.1) is 16.0 Å². The summed E-state index contributed by atoms with van der Waals surface area (Å²) in [6.45, 7) is 0.952. The second-order valence-corrected chi connectivity index (χ2v) is 6.55. The summed E-state index contributed by atoms with van der Waals surface area (Å²) in [6, 6.07) is 10.8.